The fourth-order valence-corrected chi connectivity index (χ4v) is 8.30. The molecule has 0 saturated heterocycles. The molecule has 0 spiro atoms. The fraction of sp³-hybridized carbons (Fsp3) is 0.0638. The Balaban J connectivity index is 1.37. The maximum Gasteiger partial charge on any atom is 0.0547 e. The zero-order chi connectivity index (χ0) is 32.7. The Labute approximate surface area is 286 Å². The van der Waals surface area contributed by atoms with Gasteiger partial charge in [0.25, 0.3) is 0 Å². The molecule has 2 aliphatic rings. The van der Waals surface area contributed by atoms with Gasteiger partial charge in [-0.25, -0.2) is 0 Å². The first-order valence-electron chi connectivity index (χ1n) is 17.1. The standard InChI is InChI=1S/C47H34N2/c1-47(2)27-28-48(31-15-4-3-5-16-31)45-30-40-38-23-14-26-44(49-42-24-12-10-20-35(42)36-21-11-13-25-43(36)49)46(38)37-22-9-8-18-33(37)32-17-6-7-19-34(32)39(40)29-41(45)47/h3-30H,1-2H3. The van der Waals surface area contributed by atoms with E-state index in [1.54, 1.807) is 0 Å². The molecule has 7 aromatic carbocycles. The van der Waals surface area contributed by atoms with Gasteiger partial charge in [-0.15, -0.1) is 0 Å². The Kier molecular flexibility index (Phi) is 5.95. The molecule has 0 amide bonds. The molecular weight excluding hydrogens is 593 g/mol. The Morgan fingerprint density at radius 3 is 1.65 bits per heavy atom. The molecule has 0 saturated carbocycles. The van der Waals surface area contributed by atoms with Crippen molar-refractivity contribution < 1.29 is 0 Å². The summed E-state index contributed by atoms with van der Waals surface area (Å²) in [6.45, 7) is 4.66. The van der Waals surface area contributed by atoms with Crippen molar-refractivity contribution in [1.82, 2.24) is 4.57 Å². The van der Waals surface area contributed by atoms with Crippen LogP contribution in [0.5, 0.6) is 0 Å². The first kappa shape index (κ1) is 27.9. The first-order valence-corrected chi connectivity index (χ1v) is 17.1. The molecule has 10 rings (SSSR count). The minimum Gasteiger partial charge on any atom is -0.317 e. The molecule has 8 aromatic rings. The van der Waals surface area contributed by atoms with Crippen LogP contribution in [0.3, 0.4) is 0 Å². The molecule has 0 radical (unpaired) electrons. The number of aromatic nitrogens is 1. The van der Waals surface area contributed by atoms with E-state index in [2.05, 4.69) is 193 Å². The van der Waals surface area contributed by atoms with Crippen molar-refractivity contribution in [3.63, 3.8) is 0 Å². The Morgan fingerprint density at radius 1 is 0.429 bits per heavy atom. The van der Waals surface area contributed by atoms with Crippen LogP contribution in [-0.2, 0) is 5.41 Å². The highest BCUT2D eigenvalue weighted by molar-refractivity contribution is 6.12. The fourth-order valence-electron chi connectivity index (χ4n) is 8.30. The quantitative estimate of drug-likeness (QED) is 0.185. The summed E-state index contributed by atoms with van der Waals surface area (Å²) in [6, 6.07) is 58.1. The van der Waals surface area contributed by atoms with E-state index < -0.39 is 0 Å². The summed E-state index contributed by atoms with van der Waals surface area (Å²) >= 11 is 0. The number of para-hydroxylation sites is 3. The topological polar surface area (TPSA) is 8.17 Å². The lowest BCUT2D eigenvalue weighted by atomic mass is 9.75. The van der Waals surface area contributed by atoms with Crippen molar-refractivity contribution in [3.05, 3.63) is 176 Å². The highest BCUT2D eigenvalue weighted by Crippen LogP contribution is 2.53. The molecule has 0 bridgehead atoms. The first-order chi connectivity index (χ1) is 24.1. The van der Waals surface area contributed by atoms with E-state index in [-0.39, 0.29) is 5.41 Å². The lowest BCUT2D eigenvalue weighted by Crippen LogP contribution is -2.25. The molecule has 0 atom stereocenters. The summed E-state index contributed by atoms with van der Waals surface area (Å²) in [4.78, 5) is 2.36. The third-order valence-electron chi connectivity index (χ3n) is 10.6. The number of hydrogen-bond acceptors (Lipinski definition) is 1. The second-order valence-electron chi connectivity index (χ2n) is 13.8. The van der Waals surface area contributed by atoms with Gasteiger partial charge in [0.15, 0.2) is 0 Å². The van der Waals surface area contributed by atoms with Crippen LogP contribution in [0.2, 0.25) is 0 Å². The van der Waals surface area contributed by atoms with Crippen LogP contribution >= 0.6 is 0 Å². The van der Waals surface area contributed by atoms with Crippen molar-refractivity contribution in [1.29, 1.82) is 0 Å². The van der Waals surface area contributed by atoms with Crippen molar-refractivity contribution in [2.45, 2.75) is 19.3 Å². The van der Waals surface area contributed by atoms with Crippen LogP contribution < -0.4 is 4.90 Å². The lowest BCUT2D eigenvalue weighted by Gasteiger charge is -2.37. The van der Waals surface area contributed by atoms with Gasteiger partial charge >= 0.3 is 0 Å². The van der Waals surface area contributed by atoms with Crippen molar-refractivity contribution in [3.8, 4) is 50.2 Å². The van der Waals surface area contributed by atoms with Gasteiger partial charge < -0.3 is 9.47 Å². The largest absolute Gasteiger partial charge is 0.317 e. The molecule has 0 unspecified atom stereocenters. The number of benzene rings is 7. The predicted molar refractivity (Wildman–Crippen MR) is 207 cm³/mol. The maximum absolute atomic E-state index is 2.48. The maximum atomic E-state index is 2.48. The normalized spacial score (nSPS) is 14.0. The van der Waals surface area contributed by atoms with Crippen LogP contribution in [0.15, 0.2) is 170 Å². The molecule has 0 N–H and O–H groups in total. The second-order valence-corrected chi connectivity index (χ2v) is 13.8. The smallest absolute Gasteiger partial charge is 0.0547 e. The Hall–Kier alpha value is -6.12. The molecule has 1 aliphatic heterocycles. The molecule has 0 fully saturated rings. The monoisotopic (exact) mass is 626 g/mol. The molecule has 1 aromatic heterocycles. The lowest BCUT2D eigenvalue weighted by molar-refractivity contribution is 0.659. The van der Waals surface area contributed by atoms with Gasteiger partial charge in [-0.2, -0.15) is 0 Å². The average molecular weight is 627 g/mol. The van der Waals surface area contributed by atoms with E-state index in [1.807, 2.05) is 0 Å². The molecule has 1 aliphatic carbocycles. The zero-order valence-corrected chi connectivity index (χ0v) is 27.6. The van der Waals surface area contributed by atoms with Gasteiger partial charge in [-0.05, 0) is 87.0 Å². The van der Waals surface area contributed by atoms with Crippen LogP contribution in [0.25, 0.3) is 72.0 Å². The summed E-state index contributed by atoms with van der Waals surface area (Å²) in [5.41, 5.74) is 17.2. The number of allylic oxidation sites excluding steroid dienone is 1. The van der Waals surface area contributed by atoms with Gasteiger partial charge in [0, 0.05) is 33.6 Å². The van der Waals surface area contributed by atoms with E-state index in [1.165, 1.54) is 83.3 Å². The molecule has 2 nitrogen and oxygen atoms in total. The zero-order valence-electron chi connectivity index (χ0n) is 27.6. The van der Waals surface area contributed by atoms with E-state index in [9.17, 15) is 0 Å². The summed E-state index contributed by atoms with van der Waals surface area (Å²) in [6.07, 6.45) is 4.60. The molecule has 2 heterocycles. The van der Waals surface area contributed by atoms with Crippen LogP contribution in [0.4, 0.5) is 11.4 Å². The minimum atomic E-state index is -0.140. The summed E-state index contributed by atoms with van der Waals surface area (Å²) in [7, 11) is 0. The van der Waals surface area contributed by atoms with Gasteiger partial charge in [-0.1, -0.05) is 135 Å². The highest BCUT2D eigenvalue weighted by atomic mass is 15.1. The molecule has 2 heteroatoms. The number of rotatable bonds is 2. The van der Waals surface area contributed by atoms with Gasteiger partial charge in [0.2, 0.25) is 0 Å². The Morgan fingerprint density at radius 2 is 0.959 bits per heavy atom. The number of nitrogens with zero attached hydrogens (tertiary/aromatic N) is 2. The van der Waals surface area contributed by atoms with Crippen molar-refractivity contribution in [2.24, 2.45) is 0 Å². The highest BCUT2D eigenvalue weighted by Gasteiger charge is 2.32. The van der Waals surface area contributed by atoms with Crippen molar-refractivity contribution >= 4 is 33.2 Å². The summed E-state index contributed by atoms with van der Waals surface area (Å²) in [5.74, 6) is 0. The molecule has 232 valence electrons. The van der Waals surface area contributed by atoms with Gasteiger partial charge in [0.05, 0.1) is 22.4 Å². The number of anilines is 2. The second kappa shape index (κ2) is 10.4. The number of hydrogen-bond donors (Lipinski definition) is 0. The molecular formula is C47H34N2. The third kappa shape index (κ3) is 4.07. The van der Waals surface area contributed by atoms with Gasteiger partial charge in [0.1, 0.15) is 0 Å². The van der Waals surface area contributed by atoms with E-state index in [4.69, 9.17) is 0 Å². The van der Waals surface area contributed by atoms with E-state index in [0.717, 1.165) is 5.69 Å². The van der Waals surface area contributed by atoms with Crippen LogP contribution in [-0.4, -0.2) is 4.57 Å². The summed E-state index contributed by atoms with van der Waals surface area (Å²) in [5, 5.41) is 2.53. The van der Waals surface area contributed by atoms with Crippen LogP contribution in [0, 0.1) is 0 Å². The predicted octanol–water partition coefficient (Wildman–Crippen LogP) is 12.7. The average Bonchev–Trinajstić information content (AvgIpc) is 3.48. The third-order valence-corrected chi connectivity index (χ3v) is 10.6. The minimum absolute atomic E-state index is 0.140. The van der Waals surface area contributed by atoms with E-state index in [0.29, 0.717) is 0 Å². The van der Waals surface area contributed by atoms with Gasteiger partial charge in [-0.3, -0.25) is 0 Å². The summed E-state index contributed by atoms with van der Waals surface area (Å²) < 4.78 is 2.48. The molecule has 49 heavy (non-hydrogen) atoms. The Bertz CT molecular complexity index is 2580. The van der Waals surface area contributed by atoms with E-state index >= 15 is 0 Å². The number of fused-ring (bicyclic) bond motifs is 12. The van der Waals surface area contributed by atoms with Crippen molar-refractivity contribution in [2.75, 3.05) is 4.90 Å². The van der Waals surface area contributed by atoms with Crippen LogP contribution in [0.1, 0.15) is 19.4 Å². The SMILES string of the molecule is CC1(C)C=CN(c2ccccc2)c2cc3c(cc21)-c1ccccc1-c1ccccc1-c1c-3cccc1-n1c2ccccc2c2ccccc21.